The summed E-state index contributed by atoms with van der Waals surface area (Å²) in [5, 5.41) is 1.01. The molecule has 3 heterocycles. The molecule has 0 amide bonds. The van der Waals surface area contributed by atoms with Crippen molar-refractivity contribution in [2.24, 2.45) is 7.05 Å². The molecule has 0 bridgehead atoms. The number of thioether (sulfide) groups is 1. The number of hydrogen-bond acceptors (Lipinski definition) is 6. The van der Waals surface area contributed by atoms with E-state index in [4.69, 9.17) is 4.98 Å². The number of H-pyrrole nitrogens is 2. The lowest BCUT2D eigenvalue weighted by molar-refractivity contribution is 0.233. The van der Waals surface area contributed by atoms with E-state index >= 15 is 0 Å². The van der Waals surface area contributed by atoms with E-state index in [0.29, 0.717) is 0 Å². The van der Waals surface area contributed by atoms with Gasteiger partial charge in [-0.3, -0.25) is 4.90 Å². The van der Waals surface area contributed by atoms with Crippen LogP contribution in [-0.4, -0.2) is 64.7 Å². The van der Waals surface area contributed by atoms with E-state index in [1.807, 2.05) is 37.4 Å². The van der Waals surface area contributed by atoms with Crippen molar-refractivity contribution in [3.8, 4) is 0 Å². The zero-order valence-corrected chi connectivity index (χ0v) is 22.0. The van der Waals surface area contributed by atoms with Crippen LogP contribution in [0.3, 0.4) is 0 Å². The third-order valence-electron chi connectivity index (χ3n) is 6.08. The van der Waals surface area contributed by atoms with Crippen LogP contribution in [0.25, 0.3) is 11.0 Å². The molecule has 35 heavy (non-hydrogen) atoms. The maximum Gasteiger partial charge on any atom is 0.166 e. The molecule has 0 saturated heterocycles. The first kappa shape index (κ1) is 25.5. The van der Waals surface area contributed by atoms with Crippen molar-refractivity contribution in [1.29, 1.82) is 0 Å². The molecular weight excluding hydrogens is 456 g/mol. The number of aromatic nitrogens is 6. The summed E-state index contributed by atoms with van der Waals surface area (Å²) in [5.74, 6) is 3.07. The lowest BCUT2D eigenvalue weighted by atomic mass is 10.2. The van der Waals surface area contributed by atoms with Gasteiger partial charge in [0, 0.05) is 44.1 Å². The predicted molar refractivity (Wildman–Crippen MR) is 143 cm³/mol. The molecule has 0 aliphatic carbocycles. The zero-order chi connectivity index (χ0) is 24.5. The van der Waals surface area contributed by atoms with Crippen LogP contribution in [0.2, 0.25) is 0 Å². The number of nitrogens with zero attached hydrogens (tertiary/aromatic N) is 6. The summed E-state index contributed by atoms with van der Waals surface area (Å²) in [6.07, 6.45) is 11.1. The van der Waals surface area contributed by atoms with Crippen LogP contribution in [0.15, 0.2) is 48.1 Å². The molecule has 0 saturated carbocycles. The Morgan fingerprint density at radius 1 is 0.971 bits per heavy atom. The highest BCUT2D eigenvalue weighted by atomic mass is 32.2. The molecule has 9 heteroatoms. The Bertz CT molecular complexity index is 1140. The minimum Gasteiger partial charge on any atom is -0.348 e. The molecular formula is C26H38N8S. The van der Waals surface area contributed by atoms with E-state index in [-0.39, 0.29) is 0 Å². The van der Waals surface area contributed by atoms with Gasteiger partial charge < -0.3 is 19.4 Å². The average molecular weight is 495 g/mol. The van der Waals surface area contributed by atoms with Crippen LogP contribution in [0.1, 0.15) is 50.3 Å². The highest BCUT2D eigenvalue weighted by Crippen LogP contribution is 2.22. The predicted octanol–water partition coefficient (Wildman–Crippen LogP) is 4.83. The molecule has 4 aromatic rings. The number of rotatable bonds is 15. The van der Waals surface area contributed by atoms with Gasteiger partial charge in [-0.05, 0) is 56.6 Å². The number of aromatic amines is 2. The van der Waals surface area contributed by atoms with E-state index in [9.17, 15) is 0 Å². The normalized spacial score (nSPS) is 11.9. The Hall–Kier alpha value is -2.62. The Kier molecular flexibility index (Phi) is 9.39. The summed E-state index contributed by atoms with van der Waals surface area (Å²) in [4.78, 5) is 25.4. The van der Waals surface area contributed by atoms with Gasteiger partial charge in [-0.15, -0.1) is 0 Å². The third kappa shape index (κ3) is 7.43. The molecule has 0 aliphatic heterocycles. The number of fused-ring (bicyclic) bond motifs is 1. The SMILES string of the molecule is CCCN(CCC)CCCSc1nc2ccc(CN(Cc3ncc[nH]3)Cc3nccn3C)cc2[nH]1. The summed E-state index contributed by atoms with van der Waals surface area (Å²) in [6, 6.07) is 6.53. The maximum atomic E-state index is 4.81. The van der Waals surface area contributed by atoms with Gasteiger partial charge in [0.1, 0.15) is 11.6 Å². The molecule has 0 atom stereocenters. The standard InChI is InChI=1S/C26H38N8S/c1-4-12-33(13-5-2)14-6-16-35-26-30-22-8-7-21(17-23(22)31-26)18-34(19-24-27-9-10-28-24)20-25-29-11-15-32(25)3/h7-11,15,17H,4-6,12-14,16,18-20H2,1-3H3,(H,27,28)(H,30,31). The average Bonchev–Trinajstić information content (AvgIpc) is 3.59. The van der Waals surface area contributed by atoms with Crippen LogP contribution in [0.5, 0.6) is 0 Å². The van der Waals surface area contributed by atoms with E-state index in [1.54, 1.807) is 6.20 Å². The second-order valence-corrected chi connectivity index (χ2v) is 10.2. The van der Waals surface area contributed by atoms with Crippen molar-refractivity contribution >= 4 is 22.8 Å². The number of imidazole rings is 3. The summed E-state index contributed by atoms with van der Waals surface area (Å²) in [6.45, 7) is 10.4. The summed E-state index contributed by atoms with van der Waals surface area (Å²) in [7, 11) is 2.04. The molecule has 4 rings (SSSR count). The second-order valence-electron chi connectivity index (χ2n) is 9.07. The van der Waals surface area contributed by atoms with E-state index in [0.717, 1.165) is 53.2 Å². The monoisotopic (exact) mass is 494 g/mol. The molecule has 0 spiro atoms. The van der Waals surface area contributed by atoms with E-state index in [2.05, 4.69) is 66.3 Å². The molecule has 0 aliphatic rings. The van der Waals surface area contributed by atoms with Crippen LogP contribution < -0.4 is 0 Å². The topological polar surface area (TPSA) is 81.7 Å². The Balaban J connectivity index is 1.37. The van der Waals surface area contributed by atoms with Gasteiger partial charge in [-0.1, -0.05) is 31.7 Å². The van der Waals surface area contributed by atoms with Gasteiger partial charge >= 0.3 is 0 Å². The minimum absolute atomic E-state index is 0.731. The molecule has 1 aromatic carbocycles. The lowest BCUT2D eigenvalue weighted by Crippen LogP contribution is -2.26. The van der Waals surface area contributed by atoms with Crippen molar-refractivity contribution in [1.82, 2.24) is 39.3 Å². The second kappa shape index (κ2) is 12.9. The first-order valence-electron chi connectivity index (χ1n) is 12.6. The number of hydrogen-bond donors (Lipinski definition) is 2. The summed E-state index contributed by atoms with van der Waals surface area (Å²) in [5.41, 5.74) is 3.36. The first-order valence-corrected chi connectivity index (χ1v) is 13.6. The fourth-order valence-electron chi connectivity index (χ4n) is 4.40. The number of aryl methyl sites for hydroxylation is 1. The highest BCUT2D eigenvalue weighted by Gasteiger charge is 2.13. The molecule has 188 valence electrons. The zero-order valence-electron chi connectivity index (χ0n) is 21.2. The van der Waals surface area contributed by atoms with Crippen LogP contribution in [-0.2, 0) is 26.7 Å². The molecule has 2 N–H and O–H groups in total. The fourth-order valence-corrected chi connectivity index (χ4v) is 5.21. The van der Waals surface area contributed by atoms with Gasteiger partial charge in [0.2, 0.25) is 0 Å². The Morgan fingerprint density at radius 2 is 1.83 bits per heavy atom. The number of benzene rings is 1. The maximum absolute atomic E-state index is 4.81. The smallest absolute Gasteiger partial charge is 0.166 e. The van der Waals surface area contributed by atoms with Crippen molar-refractivity contribution in [2.45, 2.75) is 57.9 Å². The van der Waals surface area contributed by atoms with Crippen molar-refractivity contribution < 1.29 is 0 Å². The molecule has 8 nitrogen and oxygen atoms in total. The Morgan fingerprint density at radius 3 is 2.54 bits per heavy atom. The van der Waals surface area contributed by atoms with Crippen LogP contribution >= 0.6 is 11.8 Å². The highest BCUT2D eigenvalue weighted by molar-refractivity contribution is 7.99. The molecule has 0 fully saturated rings. The molecule has 0 unspecified atom stereocenters. The largest absolute Gasteiger partial charge is 0.348 e. The van der Waals surface area contributed by atoms with E-state index < -0.39 is 0 Å². The minimum atomic E-state index is 0.731. The van der Waals surface area contributed by atoms with Gasteiger partial charge in [-0.2, -0.15) is 0 Å². The third-order valence-corrected chi connectivity index (χ3v) is 7.04. The van der Waals surface area contributed by atoms with Gasteiger partial charge in [-0.25, -0.2) is 15.0 Å². The fraction of sp³-hybridized carbons (Fsp3) is 0.500. The van der Waals surface area contributed by atoms with Crippen molar-refractivity contribution in [2.75, 3.05) is 25.4 Å². The van der Waals surface area contributed by atoms with Crippen molar-refractivity contribution in [3.05, 3.63) is 60.2 Å². The molecule has 3 aromatic heterocycles. The first-order chi connectivity index (χ1) is 17.1. The lowest BCUT2D eigenvalue weighted by Gasteiger charge is -2.21. The molecule has 0 radical (unpaired) electrons. The Labute approximate surface area is 212 Å². The number of nitrogens with one attached hydrogen (secondary N) is 2. The summed E-state index contributed by atoms with van der Waals surface area (Å²) >= 11 is 1.82. The van der Waals surface area contributed by atoms with Gasteiger partial charge in [0.25, 0.3) is 0 Å². The van der Waals surface area contributed by atoms with Crippen LogP contribution in [0.4, 0.5) is 0 Å². The quantitative estimate of drug-likeness (QED) is 0.182. The van der Waals surface area contributed by atoms with Crippen molar-refractivity contribution in [3.63, 3.8) is 0 Å². The van der Waals surface area contributed by atoms with E-state index in [1.165, 1.54) is 44.5 Å². The summed E-state index contributed by atoms with van der Waals surface area (Å²) < 4.78 is 2.07. The van der Waals surface area contributed by atoms with Crippen LogP contribution in [0, 0.1) is 0 Å². The van der Waals surface area contributed by atoms with Gasteiger partial charge in [0.15, 0.2) is 5.16 Å². The van der Waals surface area contributed by atoms with Gasteiger partial charge in [0.05, 0.1) is 24.1 Å².